The molecule has 3 rings (SSSR count). The van der Waals surface area contributed by atoms with Crippen LogP contribution in [-0.4, -0.2) is 17.9 Å². The Morgan fingerprint density at radius 3 is 2.14 bits per heavy atom. The fourth-order valence-electron chi connectivity index (χ4n) is 3.18. The number of nitrogens with one attached hydrogen (secondary N) is 3. The number of aryl methyl sites for hydroxylation is 2. The van der Waals surface area contributed by atoms with Crippen molar-refractivity contribution in [3.63, 3.8) is 0 Å². The summed E-state index contributed by atoms with van der Waals surface area (Å²) in [6, 6.07) is 13.2. The van der Waals surface area contributed by atoms with E-state index >= 15 is 0 Å². The van der Waals surface area contributed by atoms with E-state index < -0.39 is 5.41 Å². The molecule has 28 heavy (non-hydrogen) atoms. The second-order valence-electron chi connectivity index (χ2n) is 8.47. The van der Waals surface area contributed by atoms with Gasteiger partial charge in [-0.1, -0.05) is 26.8 Å². The van der Waals surface area contributed by atoms with Crippen molar-refractivity contribution >= 4 is 28.9 Å². The smallest absolute Gasteiger partial charge is 0.246 e. The van der Waals surface area contributed by atoms with E-state index in [-0.39, 0.29) is 17.9 Å². The van der Waals surface area contributed by atoms with E-state index in [2.05, 4.69) is 28.1 Å². The first kappa shape index (κ1) is 19.9. The molecule has 0 aliphatic heterocycles. The number of amides is 2. The number of rotatable bonds is 5. The summed E-state index contributed by atoms with van der Waals surface area (Å²) in [4.78, 5) is 24.6. The Labute approximate surface area is 166 Å². The van der Waals surface area contributed by atoms with Crippen LogP contribution in [0.3, 0.4) is 0 Å². The largest absolute Gasteiger partial charge is 0.374 e. The Kier molecular flexibility index (Phi) is 5.73. The van der Waals surface area contributed by atoms with Gasteiger partial charge in [0.05, 0.1) is 0 Å². The zero-order chi connectivity index (χ0) is 20.3. The molecule has 0 aromatic heterocycles. The van der Waals surface area contributed by atoms with Gasteiger partial charge in [-0.2, -0.15) is 0 Å². The zero-order valence-electron chi connectivity index (χ0n) is 17.1. The number of carbonyl (C=O) groups excluding carboxylic acids is 2. The predicted octanol–water partition coefficient (Wildman–Crippen LogP) is 4.60. The molecule has 1 atom stereocenters. The van der Waals surface area contributed by atoms with Crippen LogP contribution in [-0.2, 0) is 22.4 Å². The lowest BCUT2D eigenvalue weighted by atomic mass is 9.95. The Bertz CT molecular complexity index is 866. The molecule has 0 spiro atoms. The van der Waals surface area contributed by atoms with Crippen molar-refractivity contribution in [2.75, 3.05) is 16.0 Å². The summed E-state index contributed by atoms with van der Waals surface area (Å²) >= 11 is 0. The first-order valence-electron chi connectivity index (χ1n) is 9.83. The van der Waals surface area contributed by atoms with Crippen LogP contribution < -0.4 is 16.0 Å². The predicted molar refractivity (Wildman–Crippen MR) is 115 cm³/mol. The van der Waals surface area contributed by atoms with Gasteiger partial charge in [0.2, 0.25) is 11.8 Å². The number of hydrogen-bond acceptors (Lipinski definition) is 3. The molecule has 1 unspecified atom stereocenters. The first-order valence-corrected chi connectivity index (χ1v) is 9.83. The molecule has 2 aromatic carbocycles. The minimum atomic E-state index is -0.443. The van der Waals surface area contributed by atoms with Gasteiger partial charge < -0.3 is 16.0 Å². The van der Waals surface area contributed by atoms with E-state index in [0.29, 0.717) is 0 Å². The monoisotopic (exact) mass is 379 g/mol. The van der Waals surface area contributed by atoms with Gasteiger partial charge in [0.1, 0.15) is 6.04 Å². The standard InChI is InChI=1S/C23H29N3O2/c1-15(21(27)25-20-9-8-16-6-5-7-17(16)14-20)24-18-10-12-19(13-11-18)26-22(28)23(2,3)4/h8-15,24H,5-7H2,1-4H3,(H,25,27)(H,26,28). The lowest BCUT2D eigenvalue weighted by molar-refractivity contribution is -0.123. The first-order chi connectivity index (χ1) is 13.2. The molecule has 2 amide bonds. The molecule has 0 saturated heterocycles. The highest BCUT2D eigenvalue weighted by Crippen LogP contribution is 2.25. The third kappa shape index (κ3) is 4.91. The van der Waals surface area contributed by atoms with Crippen molar-refractivity contribution in [1.29, 1.82) is 0 Å². The van der Waals surface area contributed by atoms with E-state index in [9.17, 15) is 9.59 Å². The summed E-state index contributed by atoms with van der Waals surface area (Å²) < 4.78 is 0. The molecule has 3 N–H and O–H groups in total. The number of fused-ring (bicyclic) bond motifs is 1. The van der Waals surface area contributed by atoms with Crippen LogP contribution in [0.2, 0.25) is 0 Å². The molecule has 0 bridgehead atoms. The molecule has 0 radical (unpaired) electrons. The molecule has 1 aliphatic carbocycles. The molecule has 5 nitrogen and oxygen atoms in total. The van der Waals surface area contributed by atoms with Gasteiger partial charge in [-0.3, -0.25) is 9.59 Å². The second-order valence-corrected chi connectivity index (χ2v) is 8.47. The van der Waals surface area contributed by atoms with Gasteiger partial charge >= 0.3 is 0 Å². The molecule has 0 saturated carbocycles. The minimum absolute atomic E-state index is 0.0321. The van der Waals surface area contributed by atoms with E-state index in [1.165, 1.54) is 17.5 Å². The molecular formula is C23H29N3O2. The van der Waals surface area contributed by atoms with Crippen LogP contribution >= 0.6 is 0 Å². The number of carbonyl (C=O) groups is 2. The normalized spacial score (nSPS) is 14.1. The summed E-state index contributed by atoms with van der Waals surface area (Å²) in [6.07, 6.45) is 3.41. The summed E-state index contributed by atoms with van der Waals surface area (Å²) in [5.74, 6) is -0.113. The maximum absolute atomic E-state index is 12.5. The van der Waals surface area contributed by atoms with Crippen molar-refractivity contribution in [3.05, 3.63) is 53.6 Å². The Morgan fingerprint density at radius 1 is 0.857 bits per heavy atom. The quantitative estimate of drug-likeness (QED) is 0.711. The average Bonchev–Trinajstić information content (AvgIpc) is 3.10. The number of anilines is 3. The average molecular weight is 380 g/mol. The number of hydrogen-bond donors (Lipinski definition) is 3. The van der Waals surface area contributed by atoms with Gasteiger partial charge in [0.15, 0.2) is 0 Å². The third-order valence-corrected chi connectivity index (χ3v) is 4.97. The lowest BCUT2D eigenvalue weighted by Crippen LogP contribution is -2.31. The van der Waals surface area contributed by atoms with Crippen molar-refractivity contribution in [3.8, 4) is 0 Å². The minimum Gasteiger partial charge on any atom is -0.374 e. The van der Waals surface area contributed by atoms with Crippen LogP contribution in [0.15, 0.2) is 42.5 Å². The molecule has 148 valence electrons. The highest BCUT2D eigenvalue weighted by Gasteiger charge is 2.21. The maximum Gasteiger partial charge on any atom is 0.246 e. The number of benzene rings is 2. The molecule has 2 aromatic rings. The molecule has 5 heteroatoms. The fraction of sp³-hybridized carbons (Fsp3) is 0.391. The van der Waals surface area contributed by atoms with Crippen molar-refractivity contribution in [2.45, 2.75) is 53.0 Å². The van der Waals surface area contributed by atoms with Crippen molar-refractivity contribution < 1.29 is 9.59 Å². The highest BCUT2D eigenvalue weighted by atomic mass is 16.2. The van der Waals surface area contributed by atoms with Gasteiger partial charge in [0.25, 0.3) is 0 Å². The van der Waals surface area contributed by atoms with Crippen LogP contribution in [0.5, 0.6) is 0 Å². The molecule has 0 fully saturated rings. The van der Waals surface area contributed by atoms with Gasteiger partial charge in [-0.25, -0.2) is 0 Å². The Hall–Kier alpha value is -2.82. The van der Waals surface area contributed by atoms with Crippen LogP contribution in [0.4, 0.5) is 17.1 Å². The molecular weight excluding hydrogens is 350 g/mol. The van der Waals surface area contributed by atoms with E-state index in [4.69, 9.17) is 0 Å². The van der Waals surface area contributed by atoms with Gasteiger partial charge in [-0.05, 0) is 73.7 Å². The van der Waals surface area contributed by atoms with Crippen molar-refractivity contribution in [2.24, 2.45) is 5.41 Å². The Morgan fingerprint density at radius 2 is 1.46 bits per heavy atom. The summed E-state index contributed by atoms with van der Waals surface area (Å²) in [5, 5.41) is 9.08. The molecule has 1 aliphatic rings. The Balaban J connectivity index is 1.56. The van der Waals surface area contributed by atoms with Crippen LogP contribution in [0.25, 0.3) is 0 Å². The van der Waals surface area contributed by atoms with E-state index in [0.717, 1.165) is 29.9 Å². The lowest BCUT2D eigenvalue weighted by Gasteiger charge is -2.18. The topological polar surface area (TPSA) is 70.2 Å². The fourth-order valence-corrected chi connectivity index (χ4v) is 3.18. The summed E-state index contributed by atoms with van der Waals surface area (Å²) in [7, 11) is 0. The zero-order valence-corrected chi connectivity index (χ0v) is 17.1. The molecule has 0 heterocycles. The second kappa shape index (κ2) is 8.05. The SMILES string of the molecule is CC(Nc1ccc(NC(=O)C(C)(C)C)cc1)C(=O)Nc1ccc2c(c1)CCC2. The van der Waals surface area contributed by atoms with Crippen LogP contribution in [0, 0.1) is 5.41 Å². The third-order valence-electron chi connectivity index (χ3n) is 4.97. The van der Waals surface area contributed by atoms with E-state index in [1.807, 2.05) is 58.0 Å². The van der Waals surface area contributed by atoms with Gasteiger partial charge in [0, 0.05) is 22.5 Å². The summed E-state index contributed by atoms with van der Waals surface area (Å²) in [5.41, 5.74) is 4.70. The van der Waals surface area contributed by atoms with Crippen LogP contribution in [0.1, 0.15) is 45.2 Å². The van der Waals surface area contributed by atoms with Gasteiger partial charge in [-0.15, -0.1) is 0 Å². The maximum atomic E-state index is 12.5. The summed E-state index contributed by atoms with van der Waals surface area (Å²) in [6.45, 7) is 7.45. The highest BCUT2D eigenvalue weighted by molar-refractivity contribution is 5.97. The van der Waals surface area contributed by atoms with E-state index in [1.54, 1.807) is 0 Å². The van der Waals surface area contributed by atoms with Crippen molar-refractivity contribution in [1.82, 2.24) is 0 Å².